The highest BCUT2D eigenvalue weighted by molar-refractivity contribution is 5.98. The molecule has 0 radical (unpaired) electrons. The van der Waals surface area contributed by atoms with Crippen LogP contribution in [-0.2, 0) is 0 Å². The number of benzene rings is 2. The summed E-state index contributed by atoms with van der Waals surface area (Å²) in [6.45, 7) is 3.64. The van der Waals surface area contributed by atoms with E-state index in [9.17, 15) is 4.79 Å². The predicted octanol–water partition coefficient (Wildman–Crippen LogP) is 3.23. The molecule has 0 spiro atoms. The lowest BCUT2D eigenvalue weighted by atomic mass is 10.1. The molecule has 4 atom stereocenters. The molecule has 1 saturated carbocycles. The highest BCUT2D eigenvalue weighted by atomic mass is 16.4. The van der Waals surface area contributed by atoms with E-state index in [0.29, 0.717) is 41.6 Å². The van der Waals surface area contributed by atoms with Crippen LogP contribution in [0.25, 0.3) is 16.8 Å². The molecule has 4 aromatic rings. The van der Waals surface area contributed by atoms with Crippen LogP contribution in [0.4, 0.5) is 6.01 Å². The standard InChI is InChI=1S/C23H22N6O2/c1-14-16-13-28(22(30)15-6-2-4-8-18(15)29-25-10-11-26-29)19(21(14)16)12-24-23-27-17-7-3-5-9-20(17)31-23/h2-11,14,16,19,21H,12-13H2,1H3,(H,24,27)/t14-,16+,19-,21-/m1/s1. The summed E-state index contributed by atoms with van der Waals surface area (Å²) < 4.78 is 5.81. The fourth-order valence-corrected chi connectivity index (χ4v) is 5.02. The average Bonchev–Trinajstić information content (AvgIpc) is 3.30. The number of nitrogens with one attached hydrogen (secondary N) is 1. The van der Waals surface area contributed by atoms with Crippen molar-refractivity contribution in [2.75, 3.05) is 18.4 Å². The number of likely N-dealkylation sites (tertiary alicyclic amines) is 1. The quantitative estimate of drug-likeness (QED) is 0.539. The third kappa shape index (κ3) is 2.98. The van der Waals surface area contributed by atoms with Crippen molar-refractivity contribution in [3.8, 4) is 5.69 Å². The SMILES string of the molecule is C[C@@H]1[C@@H]2CN(C(=O)c3ccccc3-n3nccn3)[C@H](CNc3nc4ccccc4o3)[C@H]12. The second kappa shape index (κ2) is 6.94. The maximum atomic E-state index is 13.6. The van der Waals surface area contributed by atoms with E-state index in [4.69, 9.17) is 4.42 Å². The number of anilines is 1. The van der Waals surface area contributed by atoms with Crippen molar-refractivity contribution < 1.29 is 9.21 Å². The van der Waals surface area contributed by atoms with Crippen molar-refractivity contribution in [2.24, 2.45) is 17.8 Å². The van der Waals surface area contributed by atoms with Gasteiger partial charge in [0.2, 0.25) is 0 Å². The second-order valence-electron chi connectivity index (χ2n) is 8.33. The van der Waals surface area contributed by atoms with E-state index >= 15 is 0 Å². The number of rotatable bonds is 5. The topological polar surface area (TPSA) is 89.1 Å². The van der Waals surface area contributed by atoms with Gasteiger partial charge in [-0.3, -0.25) is 4.79 Å². The Hall–Kier alpha value is -3.68. The molecule has 0 bridgehead atoms. The van der Waals surface area contributed by atoms with Crippen LogP contribution < -0.4 is 5.32 Å². The summed E-state index contributed by atoms with van der Waals surface area (Å²) in [6.07, 6.45) is 3.22. The normalized spacial score (nSPS) is 24.4. The number of hydrogen-bond donors (Lipinski definition) is 1. The first-order valence-electron chi connectivity index (χ1n) is 10.6. The number of nitrogens with zero attached hydrogens (tertiary/aromatic N) is 5. The van der Waals surface area contributed by atoms with Gasteiger partial charge in [-0.2, -0.15) is 20.0 Å². The summed E-state index contributed by atoms with van der Waals surface area (Å²) >= 11 is 0. The number of amides is 1. The number of carbonyl (C=O) groups excluding carboxylic acids is 1. The van der Waals surface area contributed by atoms with E-state index in [-0.39, 0.29) is 11.9 Å². The van der Waals surface area contributed by atoms with Crippen LogP contribution in [-0.4, -0.2) is 49.9 Å². The van der Waals surface area contributed by atoms with Crippen molar-refractivity contribution in [2.45, 2.75) is 13.0 Å². The molecule has 2 aliphatic rings. The van der Waals surface area contributed by atoms with Crippen molar-refractivity contribution in [1.29, 1.82) is 0 Å². The lowest BCUT2D eigenvalue weighted by Crippen LogP contribution is -2.43. The first-order chi connectivity index (χ1) is 15.2. The molecule has 156 valence electrons. The first-order valence-corrected chi connectivity index (χ1v) is 10.6. The fraction of sp³-hybridized carbons (Fsp3) is 0.304. The summed E-state index contributed by atoms with van der Waals surface area (Å²) in [6, 6.07) is 15.8. The number of para-hydroxylation sites is 3. The Bertz CT molecular complexity index is 1220. The number of piperidine rings is 1. The van der Waals surface area contributed by atoms with Crippen LogP contribution in [0.1, 0.15) is 17.3 Å². The Labute approximate surface area is 178 Å². The smallest absolute Gasteiger partial charge is 0.295 e. The van der Waals surface area contributed by atoms with Gasteiger partial charge in [-0.1, -0.05) is 31.2 Å². The fourth-order valence-electron chi connectivity index (χ4n) is 5.02. The molecule has 2 aromatic carbocycles. The molecule has 2 aromatic heterocycles. The van der Waals surface area contributed by atoms with Gasteiger partial charge >= 0.3 is 0 Å². The average molecular weight is 414 g/mol. The molecule has 3 heterocycles. The predicted molar refractivity (Wildman–Crippen MR) is 115 cm³/mol. The minimum absolute atomic E-state index is 0.0108. The molecule has 0 unspecified atom stereocenters. The largest absolute Gasteiger partial charge is 0.424 e. The molecular formula is C23H22N6O2. The zero-order chi connectivity index (χ0) is 20.9. The molecular weight excluding hydrogens is 392 g/mol. The first kappa shape index (κ1) is 18.1. The number of fused-ring (bicyclic) bond motifs is 2. The van der Waals surface area contributed by atoms with Gasteiger partial charge in [-0.25, -0.2) is 0 Å². The van der Waals surface area contributed by atoms with Crippen molar-refractivity contribution in [3.63, 3.8) is 0 Å². The van der Waals surface area contributed by atoms with Gasteiger partial charge in [0.25, 0.3) is 11.9 Å². The maximum Gasteiger partial charge on any atom is 0.295 e. The van der Waals surface area contributed by atoms with Crippen LogP contribution in [0.2, 0.25) is 0 Å². The summed E-state index contributed by atoms with van der Waals surface area (Å²) in [4.78, 5) is 21.6. The van der Waals surface area contributed by atoms with Crippen LogP contribution in [0, 0.1) is 17.8 Å². The van der Waals surface area contributed by atoms with E-state index in [1.807, 2.05) is 53.4 Å². The number of oxazole rings is 1. The number of aromatic nitrogens is 4. The van der Waals surface area contributed by atoms with E-state index < -0.39 is 0 Å². The Balaban J connectivity index is 1.26. The summed E-state index contributed by atoms with van der Waals surface area (Å²) in [5.41, 5.74) is 2.88. The van der Waals surface area contributed by atoms with Crippen LogP contribution in [0.5, 0.6) is 0 Å². The van der Waals surface area contributed by atoms with E-state index in [1.165, 1.54) is 4.80 Å². The monoisotopic (exact) mass is 414 g/mol. The van der Waals surface area contributed by atoms with E-state index in [1.54, 1.807) is 12.4 Å². The highest BCUT2D eigenvalue weighted by Gasteiger charge is 2.59. The lowest BCUT2D eigenvalue weighted by molar-refractivity contribution is 0.0704. The van der Waals surface area contributed by atoms with Gasteiger partial charge in [-0.15, -0.1) is 0 Å². The van der Waals surface area contributed by atoms with Gasteiger partial charge < -0.3 is 14.6 Å². The molecule has 1 aliphatic heterocycles. The molecule has 2 fully saturated rings. The summed E-state index contributed by atoms with van der Waals surface area (Å²) in [5, 5.41) is 11.7. The maximum absolute atomic E-state index is 13.6. The Morgan fingerprint density at radius 3 is 2.74 bits per heavy atom. The van der Waals surface area contributed by atoms with Crippen molar-refractivity contribution in [1.82, 2.24) is 24.9 Å². The van der Waals surface area contributed by atoms with Gasteiger partial charge in [0.1, 0.15) is 5.52 Å². The summed E-state index contributed by atoms with van der Waals surface area (Å²) in [7, 11) is 0. The van der Waals surface area contributed by atoms with Crippen LogP contribution in [0.15, 0.2) is 65.3 Å². The summed E-state index contributed by atoms with van der Waals surface area (Å²) in [5.74, 6) is 1.68. The van der Waals surface area contributed by atoms with E-state index in [2.05, 4.69) is 27.4 Å². The second-order valence-corrected chi connectivity index (χ2v) is 8.33. The molecule has 31 heavy (non-hydrogen) atoms. The Morgan fingerprint density at radius 2 is 1.90 bits per heavy atom. The van der Waals surface area contributed by atoms with E-state index in [0.717, 1.165) is 17.6 Å². The lowest BCUT2D eigenvalue weighted by Gasteiger charge is -2.29. The third-order valence-corrected chi connectivity index (χ3v) is 6.67. The molecule has 6 rings (SSSR count). The minimum atomic E-state index is 0.0108. The Morgan fingerprint density at radius 1 is 1.13 bits per heavy atom. The molecule has 1 saturated heterocycles. The molecule has 1 N–H and O–H groups in total. The minimum Gasteiger partial charge on any atom is -0.424 e. The Kier molecular flexibility index (Phi) is 4.05. The highest BCUT2D eigenvalue weighted by Crippen LogP contribution is 2.55. The number of hydrogen-bond acceptors (Lipinski definition) is 6. The molecule has 1 aliphatic carbocycles. The zero-order valence-corrected chi connectivity index (χ0v) is 17.0. The van der Waals surface area contributed by atoms with Crippen molar-refractivity contribution >= 4 is 23.0 Å². The van der Waals surface area contributed by atoms with Crippen LogP contribution in [0.3, 0.4) is 0 Å². The van der Waals surface area contributed by atoms with Gasteiger partial charge in [0, 0.05) is 13.1 Å². The van der Waals surface area contributed by atoms with Gasteiger partial charge in [0.05, 0.1) is 29.7 Å². The number of carbonyl (C=O) groups is 1. The van der Waals surface area contributed by atoms with Crippen molar-refractivity contribution in [3.05, 3.63) is 66.5 Å². The van der Waals surface area contributed by atoms with Gasteiger partial charge in [0.15, 0.2) is 5.58 Å². The molecule has 8 heteroatoms. The van der Waals surface area contributed by atoms with Gasteiger partial charge in [-0.05, 0) is 42.0 Å². The zero-order valence-electron chi connectivity index (χ0n) is 17.0. The third-order valence-electron chi connectivity index (χ3n) is 6.67. The molecule has 1 amide bonds. The van der Waals surface area contributed by atoms with Crippen LogP contribution >= 0.6 is 0 Å². The molecule has 8 nitrogen and oxygen atoms in total.